The average molecular weight is 271 g/mol. The van der Waals surface area contributed by atoms with Crippen molar-refractivity contribution in [3.05, 3.63) is 18.0 Å². The van der Waals surface area contributed by atoms with E-state index in [1.807, 2.05) is 20.2 Å². The maximum absolute atomic E-state index is 11.4. The Kier molecular flexibility index (Phi) is 6.21. The molecule has 1 aromatic heterocycles. The van der Waals surface area contributed by atoms with E-state index >= 15 is 0 Å². The fraction of sp³-hybridized carbons (Fsp3) is 0.667. The van der Waals surface area contributed by atoms with Gasteiger partial charge in [0.15, 0.2) is 0 Å². The van der Waals surface area contributed by atoms with E-state index in [4.69, 9.17) is 10.5 Å². The number of esters is 1. The lowest BCUT2D eigenvalue weighted by molar-refractivity contribution is -0.139. The van der Waals surface area contributed by atoms with Gasteiger partial charge in [-0.05, 0) is 13.3 Å². The fourth-order valence-corrected chi connectivity index (χ4v) is 2.78. The zero-order valence-corrected chi connectivity index (χ0v) is 11.9. The maximum atomic E-state index is 11.4. The molecule has 0 bridgehead atoms. The predicted molar refractivity (Wildman–Crippen MR) is 73.3 cm³/mol. The molecule has 0 spiro atoms. The van der Waals surface area contributed by atoms with Gasteiger partial charge in [-0.15, -0.1) is 11.8 Å². The highest BCUT2D eigenvalue weighted by molar-refractivity contribution is 8.00. The van der Waals surface area contributed by atoms with E-state index in [2.05, 4.69) is 5.10 Å². The number of hydrogen-bond donors (Lipinski definition) is 1. The third kappa shape index (κ3) is 4.34. The first-order chi connectivity index (χ1) is 8.58. The molecule has 0 radical (unpaired) electrons. The molecule has 0 aromatic carbocycles. The Morgan fingerprint density at radius 2 is 2.33 bits per heavy atom. The monoisotopic (exact) mass is 271 g/mol. The molecule has 0 fully saturated rings. The molecule has 2 N–H and O–H groups in total. The quantitative estimate of drug-likeness (QED) is 0.761. The summed E-state index contributed by atoms with van der Waals surface area (Å²) < 4.78 is 6.67. The Labute approximate surface area is 112 Å². The van der Waals surface area contributed by atoms with Gasteiger partial charge in [-0.2, -0.15) is 5.10 Å². The fourth-order valence-electron chi connectivity index (χ4n) is 1.63. The van der Waals surface area contributed by atoms with Crippen LogP contribution < -0.4 is 5.73 Å². The Hall–Kier alpha value is -1.01. The van der Waals surface area contributed by atoms with Crippen LogP contribution in [0.4, 0.5) is 0 Å². The Morgan fingerprint density at radius 3 is 2.83 bits per heavy atom. The molecule has 0 amide bonds. The first-order valence-corrected chi connectivity index (χ1v) is 7.14. The number of thioether (sulfide) groups is 1. The van der Waals surface area contributed by atoms with Crippen LogP contribution in [0.15, 0.2) is 12.4 Å². The number of carbonyl (C=O) groups is 1. The molecule has 0 saturated heterocycles. The van der Waals surface area contributed by atoms with Gasteiger partial charge in [0.1, 0.15) is 0 Å². The standard InChI is InChI=1S/C12H21N3O2S/c1-4-10(13)12(9-6-14-15(3)7-9)18-8-11(16)17-5-2/h6-7,10,12H,4-5,8,13H2,1-3H3. The molecule has 1 heterocycles. The molecule has 6 heteroatoms. The van der Waals surface area contributed by atoms with Crippen LogP contribution in [0.2, 0.25) is 0 Å². The summed E-state index contributed by atoms with van der Waals surface area (Å²) in [4.78, 5) is 11.4. The minimum Gasteiger partial charge on any atom is -0.465 e. The highest BCUT2D eigenvalue weighted by Gasteiger charge is 2.21. The van der Waals surface area contributed by atoms with E-state index in [-0.39, 0.29) is 17.3 Å². The number of nitrogens with two attached hydrogens (primary N) is 1. The molecule has 0 aliphatic heterocycles. The van der Waals surface area contributed by atoms with Crippen molar-refractivity contribution >= 4 is 17.7 Å². The van der Waals surface area contributed by atoms with Crippen LogP contribution in [-0.4, -0.2) is 34.2 Å². The van der Waals surface area contributed by atoms with E-state index in [1.165, 1.54) is 11.8 Å². The lowest BCUT2D eigenvalue weighted by atomic mass is 10.1. The molecule has 0 aliphatic rings. The van der Waals surface area contributed by atoms with Crippen LogP contribution in [0.25, 0.3) is 0 Å². The van der Waals surface area contributed by atoms with Crippen LogP contribution >= 0.6 is 11.8 Å². The smallest absolute Gasteiger partial charge is 0.315 e. The average Bonchev–Trinajstić information content (AvgIpc) is 2.76. The number of aryl methyl sites for hydroxylation is 1. The number of aromatic nitrogens is 2. The Balaban J connectivity index is 2.65. The van der Waals surface area contributed by atoms with Crippen molar-refractivity contribution in [3.8, 4) is 0 Å². The van der Waals surface area contributed by atoms with E-state index in [1.54, 1.807) is 17.8 Å². The number of carbonyl (C=O) groups excluding carboxylic acids is 1. The molecule has 0 saturated carbocycles. The zero-order chi connectivity index (χ0) is 13.5. The molecule has 2 unspecified atom stereocenters. The predicted octanol–water partition coefficient (Wildman–Crippen LogP) is 1.49. The van der Waals surface area contributed by atoms with Crippen molar-refractivity contribution in [2.24, 2.45) is 12.8 Å². The van der Waals surface area contributed by atoms with Crippen molar-refractivity contribution < 1.29 is 9.53 Å². The van der Waals surface area contributed by atoms with Gasteiger partial charge < -0.3 is 10.5 Å². The molecule has 102 valence electrons. The van der Waals surface area contributed by atoms with Crippen LogP contribution in [0.5, 0.6) is 0 Å². The third-order valence-corrected chi connectivity index (χ3v) is 3.98. The van der Waals surface area contributed by atoms with Crippen LogP contribution in [0.1, 0.15) is 31.1 Å². The first-order valence-electron chi connectivity index (χ1n) is 6.09. The van der Waals surface area contributed by atoms with Gasteiger partial charge in [-0.1, -0.05) is 6.92 Å². The second-order valence-corrected chi connectivity index (χ2v) is 5.19. The Bertz CT molecular complexity index is 381. The van der Waals surface area contributed by atoms with Crippen LogP contribution in [0, 0.1) is 0 Å². The second-order valence-electron chi connectivity index (χ2n) is 4.06. The van der Waals surface area contributed by atoms with Crippen molar-refractivity contribution in [1.29, 1.82) is 0 Å². The summed E-state index contributed by atoms with van der Waals surface area (Å²) in [6.07, 6.45) is 4.60. The minimum absolute atomic E-state index is 0.00799. The molecule has 1 rings (SSSR count). The molecule has 2 atom stereocenters. The summed E-state index contributed by atoms with van der Waals surface area (Å²) in [7, 11) is 1.87. The van der Waals surface area contributed by atoms with Gasteiger partial charge in [-0.3, -0.25) is 9.48 Å². The largest absolute Gasteiger partial charge is 0.465 e. The van der Waals surface area contributed by atoms with Crippen molar-refractivity contribution in [2.75, 3.05) is 12.4 Å². The molecular weight excluding hydrogens is 250 g/mol. The van der Waals surface area contributed by atoms with E-state index in [0.717, 1.165) is 12.0 Å². The van der Waals surface area contributed by atoms with Crippen molar-refractivity contribution in [2.45, 2.75) is 31.6 Å². The highest BCUT2D eigenvalue weighted by atomic mass is 32.2. The van der Waals surface area contributed by atoms with Gasteiger partial charge in [-0.25, -0.2) is 0 Å². The summed E-state index contributed by atoms with van der Waals surface area (Å²) in [5, 5.41) is 4.23. The SMILES string of the molecule is CCOC(=O)CSC(c1cnn(C)c1)C(N)CC. The van der Waals surface area contributed by atoms with Gasteiger partial charge in [0, 0.05) is 30.1 Å². The summed E-state index contributed by atoms with van der Waals surface area (Å²) in [6.45, 7) is 4.26. The van der Waals surface area contributed by atoms with Crippen LogP contribution in [0.3, 0.4) is 0 Å². The summed E-state index contributed by atoms with van der Waals surface area (Å²) >= 11 is 1.52. The number of ether oxygens (including phenoxy) is 1. The lowest BCUT2D eigenvalue weighted by Gasteiger charge is -2.20. The molecule has 18 heavy (non-hydrogen) atoms. The Morgan fingerprint density at radius 1 is 1.61 bits per heavy atom. The number of nitrogens with zero attached hydrogens (tertiary/aromatic N) is 2. The van der Waals surface area contributed by atoms with Gasteiger partial charge >= 0.3 is 5.97 Å². The summed E-state index contributed by atoms with van der Waals surface area (Å²) in [5.41, 5.74) is 7.17. The molecular formula is C12H21N3O2S. The minimum atomic E-state index is -0.195. The van der Waals surface area contributed by atoms with Gasteiger partial charge in [0.05, 0.1) is 18.6 Å². The van der Waals surface area contributed by atoms with Crippen LogP contribution in [-0.2, 0) is 16.6 Å². The van der Waals surface area contributed by atoms with Crippen molar-refractivity contribution in [1.82, 2.24) is 9.78 Å². The second kappa shape index (κ2) is 7.43. The number of hydrogen-bond acceptors (Lipinski definition) is 5. The highest BCUT2D eigenvalue weighted by Crippen LogP contribution is 2.32. The summed E-state index contributed by atoms with van der Waals surface area (Å²) in [5.74, 6) is 0.126. The molecule has 0 aliphatic carbocycles. The van der Waals surface area contributed by atoms with Crippen molar-refractivity contribution in [3.63, 3.8) is 0 Å². The van der Waals surface area contributed by atoms with E-state index in [9.17, 15) is 4.79 Å². The lowest BCUT2D eigenvalue weighted by Crippen LogP contribution is -2.26. The summed E-state index contributed by atoms with van der Waals surface area (Å²) in [6, 6.07) is 0.00799. The topological polar surface area (TPSA) is 70.1 Å². The third-order valence-electron chi connectivity index (χ3n) is 2.60. The molecule has 5 nitrogen and oxygen atoms in total. The first kappa shape index (κ1) is 15.0. The zero-order valence-electron chi connectivity index (χ0n) is 11.1. The maximum Gasteiger partial charge on any atom is 0.315 e. The number of rotatable bonds is 7. The van der Waals surface area contributed by atoms with Gasteiger partial charge in [0.25, 0.3) is 0 Å². The molecule has 1 aromatic rings. The van der Waals surface area contributed by atoms with E-state index < -0.39 is 0 Å². The van der Waals surface area contributed by atoms with Gasteiger partial charge in [0.2, 0.25) is 0 Å². The normalized spacial score (nSPS) is 14.2. The van der Waals surface area contributed by atoms with E-state index in [0.29, 0.717) is 12.4 Å².